The number of aliphatic hydroxyl groups excluding tert-OH is 4. The van der Waals surface area contributed by atoms with E-state index in [1.165, 1.54) is 0 Å². The van der Waals surface area contributed by atoms with Crippen LogP contribution >= 0.6 is 0 Å². The van der Waals surface area contributed by atoms with Gasteiger partial charge in [0.1, 0.15) is 18.3 Å². The Hall–Kier alpha value is -0.200. The van der Waals surface area contributed by atoms with Gasteiger partial charge in [0, 0.05) is 0 Å². The van der Waals surface area contributed by atoms with Crippen LogP contribution in [0.4, 0.5) is 0 Å². The summed E-state index contributed by atoms with van der Waals surface area (Å²) in [5.74, 6) is 0.282. The van der Waals surface area contributed by atoms with Crippen molar-refractivity contribution in [2.45, 2.75) is 51.0 Å². The van der Waals surface area contributed by atoms with Gasteiger partial charge >= 0.3 is 0 Å². The molecule has 0 aromatic rings. The molecule has 84 valence electrons. The SMILES string of the molecule is CC(C)C[C@H]1O[C@@H](O)[C@H](O)[C@@H](O)[C@@H]1O. The van der Waals surface area contributed by atoms with E-state index in [9.17, 15) is 20.4 Å². The maximum Gasteiger partial charge on any atom is 0.183 e. The number of hydrogen-bond acceptors (Lipinski definition) is 5. The molecule has 14 heavy (non-hydrogen) atoms. The van der Waals surface area contributed by atoms with E-state index in [0.717, 1.165) is 0 Å². The summed E-state index contributed by atoms with van der Waals surface area (Å²) >= 11 is 0. The van der Waals surface area contributed by atoms with Gasteiger partial charge < -0.3 is 25.2 Å². The van der Waals surface area contributed by atoms with Gasteiger partial charge in [-0.25, -0.2) is 0 Å². The van der Waals surface area contributed by atoms with Crippen molar-refractivity contribution in [3.63, 3.8) is 0 Å². The van der Waals surface area contributed by atoms with Crippen LogP contribution in [0.3, 0.4) is 0 Å². The lowest BCUT2D eigenvalue weighted by molar-refractivity contribution is -0.283. The zero-order valence-corrected chi connectivity index (χ0v) is 8.37. The van der Waals surface area contributed by atoms with Gasteiger partial charge in [-0.2, -0.15) is 0 Å². The summed E-state index contributed by atoms with van der Waals surface area (Å²) in [6.07, 6.45) is -5.44. The summed E-state index contributed by atoms with van der Waals surface area (Å²) < 4.78 is 4.99. The highest BCUT2D eigenvalue weighted by atomic mass is 16.6. The average molecular weight is 206 g/mol. The van der Waals surface area contributed by atoms with Gasteiger partial charge in [-0.3, -0.25) is 0 Å². The predicted molar refractivity (Wildman–Crippen MR) is 48.4 cm³/mol. The topological polar surface area (TPSA) is 90.2 Å². The molecule has 0 spiro atoms. The van der Waals surface area contributed by atoms with Crippen LogP contribution in [-0.4, -0.2) is 51.1 Å². The predicted octanol–water partition coefficient (Wildman–Crippen LogP) is -1.17. The second-order valence-corrected chi connectivity index (χ2v) is 4.17. The number of rotatable bonds is 2. The standard InChI is InChI=1S/C9H18O5/c1-4(2)3-5-6(10)7(11)8(12)9(13)14-5/h4-13H,3H2,1-2H3/t5-,6-,7+,8-,9-/m1/s1. The zero-order chi connectivity index (χ0) is 10.9. The number of hydrogen-bond donors (Lipinski definition) is 4. The number of aliphatic hydroxyl groups is 4. The summed E-state index contributed by atoms with van der Waals surface area (Å²) in [5.41, 5.74) is 0. The molecule has 0 aromatic carbocycles. The van der Waals surface area contributed by atoms with Crippen LogP contribution in [0.25, 0.3) is 0 Å². The highest BCUT2D eigenvalue weighted by molar-refractivity contribution is 4.88. The molecule has 1 aliphatic rings. The van der Waals surface area contributed by atoms with E-state index in [1.54, 1.807) is 0 Å². The molecule has 1 heterocycles. The van der Waals surface area contributed by atoms with Gasteiger partial charge in [-0.15, -0.1) is 0 Å². The van der Waals surface area contributed by atoms with E-state index in [2.05, 4.69) is 0 Å². The van der Waals surface area contributed by atoms with Crippen LogP contribution in [0, 0.1) is 5.92 Å². The first kappa shape index (κ1) is 11.9. The Balaban J connectivity index is 2.60. The molecular weight excluding hydrogens is 188 g/mol. The van der Waals surface area contributed by atoms with Crippen molar-refractivity contribution in [3.8, 4) is 0 Å². The van der Waals surface area contributed by atoms with Crippen molar-refractivity contribution >= 4 is 0 Å². The lowest BCUT2D eigenvalue weighted by Gasteiger charge is -2.38. The van der Waals surface area contributed by atoms with Crippen molar-refractivity contribution < 1.29 is 25.2 Å². The van der Waals surface area contributed by atoms with Crippen LogP contribution < -0.4 is 0 Å². The monoisotopic (exact) mass is 206 g/mol. The first-order chi connectivity index (χ1) is 6.43. The molecule has 0 aromatic heterocycles. The second kappa shape index (κ2) is 4.55. The highest BCUT2D eigenvalue weighted by Crippen LogP contribution is 2.24. The molecule has 0 bridgehead atoms. The summed E-state index contributed by atoms with van der Waals surface area (Å²) in [7, 11) is 0. The molecule has 1 saturated heterocycles. The zero-order valence-electron chi connectivity index (χ0n) is 8.37. The van der Waals surface area contributed by atoms with Crippen molar-refractivity contribution in [3.05, 3.63) is 0 Å². The van der Waals surface area contributed by atoms with Gasteiger partial charge in [-0.05, 0) is 12.3 Å². The van der Waals surface area contributed by atoms with Crippen molar-refractivity contribution in [1.29, 1.82) is 0 Å². The second-order valence-electron chi connectivity index (χ2n) is 4.17. The average Bonchev–Trinajstić information content (AvgIpc) is 2.10. The summed E-state index contributed by atoms with van der Waals surface area (Å²) in [4.78, 5) is 0. The molecule has 1 aliphatic heterocycles. The molecule has 0 aliphatic carbocycles. The maximum atomic E-state index is 9.53. The van der Waals surface area contributed by atoms with Crippen molar-refractivity contribution in [2.75, 3.05) is 0 Å². The molecule has 5 nitrogen and oxygen atoms in total. The van der Waals surface area contributed by atoms with Crippen LogP contribution in [0.1, 0.15) is 20.3 Å². The van der Waals surface area contributed by atoms with Gasteiger partial charge in [0.25, 0.3) is 0 Å². The Bertz CT molecular complexity index is 184. The van der Waals surface area contributed by atoms with E-state index >= 15 is 0 Å². The third-order valence-corrected chi connectivity index (χ3v) is 2.39. The van der Waals surface area contributed by atoms with Crippen LogP contribution in [-0.2, 0) is 4.74 Å². The third kappa shape index (κ3) is 2.43. The fourth-order valence-corrected chi connectivity index (χ4v) is 1.59. The Labute approximate surface area is 82.9 Å². The van der Waals surface area contributed by atoms with Crippen LogP contribution in [0.5, 0.6) is 0 Å². The molecule has 1 rings (SSSR count). The number of ether oxygens (including phenoxy) is 1. The van der Waals surface area contributed by atoms with E-state index in [4.69, 9.17) is 4.74 Å². The molecule has 0 unspecified atom stereocenters. The van der Waals surface area contributed by atoms with E-state index in [-0.39, 0.29) is 5.92 Å². The molecular formula is C9H18O5. The Kier molecular flexibility index (Phi) is 3.86. The minimum atomic E-state index is -1.44. The fourth-order valence-electron chi connectivity index (χ4n) is 1.59. The molecule has 0 amide bonds. The minimum absolute atomic E-state index is 0.282. The first-order valence-corrected chi connectivity index (χ1v) is 4.81. The summed E-state index contributed by atoms with van der Waals surface area (Å²) in [6.45, 7) is 3.89. The quantitative estimate of drug-likeness (QED) is 0.457. The van der Waals surface area contributed by atoms with Gasteiger partial charge in [0.15, 0.2) is 6.29 Å². The van der Waals surface area contributed by atoms with E-state index < -0.39 is 30.7 Å². The Morgan fingerprint density at radius 2 is 1.57 bits per heavy atom. The molecule has 1 fully saturated rings. The molecule has 4 N–H and O–H groups in total. The smallest absolute Gasteiger partial charge is 0.183 e. The lowest BCUT2D eigenvalue weighted by Crippen LogP contribution is -2.57. The normalized spacial score (nSPS) is 44.4. The van der Waals surface area contributed by atoms with Crippen LogP contribution in [0.2, 0.25) is 0 Å². The fraction of sp³-hybridized carbons (Fsp3) is 1.00. The summed E-state index contributed by atoms with van der Waals surface area (Å²) in [5, 5.41) is 37.3. The third-order valence-electron chi connectivity index (χ3n) is 2.39. The van der Waals surface area contributed by atoms with Gasteiger partial charge in [0.05, 0.1) is 6.10 Å². The van der Waals surface area contributed by atoms with Crippen molar-refractivity contribution in [1.82, 2.24) is 0 Å². The molecule has 5 atom stereocenters. The highest BCUT2D eigenvalue weighted by Gasteiger charge is 2.42. The van der Waals surface area contributed by atoms with Crippen molar-refractivity contribution in [2.24, 2.45) is 5.92 Å². The van der Waals surface area contributed by atoms with Gasteiger partial charge in [-0.1, -0.05) is 13.8 Å². The van der Waals surface area contributed by atoms with Crippen LogP contribution in [0.15, 0.2) is 0 Å². The molecule has 0 saturated carbocycles. The largest absolute Gasteiger partial charge is 0.388 e. The lowest BCUT2D eigenvalue weighted by atomic mass is 9.93. The van der Waals surface area contributed by atoms with E-state index in [0.29, 0.717) is 6.42 Å². The Morgan fingerprint density at radius 3 is 2.07 bits per heavy atom. The van der Waals surface area contributed by atoms with Gasteiger partial charge in [0.2, 0.25) is 0 Å². The first-order valence-electron chi connectivity index (χ1n) is 4.81. The van der Waals surface area contributed by atoms with E-state index in [1.807, 2.05) is 13.8 Å². The Morgan fingerprint density at radius 1 is 1.00 bits per heavy atom. The molecule has 5 heteroatoms. The maximum absolute atomic E-state index is 9.53. The molecule has 0 radical (unpaired) electrons. The minimum Gasteiger partial charge on any atom is -0.388 e. The summed E-state index contributed by atoms with van der Waals surface area (Å²) in [6, 6.07) is 0.